The summed E-state index contributed by atoms with van der Waals surface area (Å²) in [5.74, 6) is 0. The van der Waals surface area contributed by atoms with Gasteiger partial charge >= 0.3 is 0 Å². The van der Waals surface area contributed by atoms with Gasteiger partial charge in [0.05, 0.1) is 45.2 Å². The lowest BCUT2D eigenvalue weighted by Crippen LogP contribution is -2.42. The molecule has 0 radical (unpaired) electrons. The van der Waals surface area contributed by atoms with Gasteiger partial charge < -0.3 is 29.7 Å². The van der Waals surface area contributed by atoms with Crippen LogP contribution in [0.5, 0.6) is 0 Å². The molecule has 0 spiro atoms. The van der Waals surface area contributed by atoms with Crippen LogP contribution in [0.3, 0.4) is 0 Å². The summed E-state index contributed by atoms with van der Waals surface area (Å²) in [6, 6.07) is -0.156. The highest BCUT2D eigenvalue weighted by Gasteiger charge is 2.09. The van der Waals surface area contributed by atoms with Gasteiger partial charge in [0.1, 0.15) is 0 Å². The Hall–Kier alpha value is -0.240. The van der Waals surface area contributed by atoms with E-state index in [1.54, 1.807) is 7.11 Å². The van der Waals surface area contributed by atoms with E-state index in [9.17, 15) is 5.11 Å². The van der Waals surface area contributed by atoms with E-state index in [1.165, 1.54) is 0 Å². The van der Waals surface area contributed by atoms with Crippen LogP contribution in [0.1, 0.15) is 19.8 Å². The van der Waals surface area contributed by atoms with E-state index in [4.69, 9.17) is 19.3 Å². The van der Waals surface area contributed by atoms with E-state index in [-0.39, 0.29) is 19.3 Å². The molecule has 0 heterocycles. The maximum atomic E-state index is 9.65. The monoisotopic (exact) mass is 279 g/mol. The maximum absolute atomic E-state index is 9.65. The fraction of sp³-hybridized carbons (Fsp3) is 1.00. The van der Waals surface area contributed by atoms with Crippen molar-refractivity contribution in [2.75, 3.05) is 53.3 Å². The van der Waals surface area contributed by atoms with Crippen molar-refractivity contribution in [3.8, 4) is 0 Å². The fourth-order valence-corrected chi connectivity index (χ4v) is 1.42. The second-order valence-electron chi connectivity index (χ2n) is 4.44. The fourth-order valence-electron chi connectivity index (χ4n) is 1.42. The van der Waals surface area contributed by atoms with E-state index in [2.05, 4.69) is 12.2 Å². The Bertz CT molecular complexity index is 182. The number of unbranched alkanes of at least 4 members (excludes halogenated alkanes) is 1. The number of ether oxygens (including phenoxy) is 3. The number of aliphatic hydroxyl groups is 2. The number of hydrogen-bond acceptors (Lipinski definition) is 6. The van der Waals surface area contributed by atoms with Gasteiger partial charge in [0.2, 0.25) is 0 Å². The molecule has 0 aromatic heterocycles. The Morgan fingerprint density at radius 2 is 1.84 bits per heavy atom. The molecule has 2 unspecified atom stereocenters. The average Bonchev–Trinajstić information content (AvgIpc) is 2.42. The van der Waals surface area contributed by atoms with Crippen molar-refractivity contribution >= 4 is 0 Å². The lowest BCUT2D eigenvalue weighted by molar-refractivity contribution is 0.00153. The van der Waals surface area contributed by atoms with Gasteiger partial charge in [-0.15, -0.1) is 0 Å². The number of aliphatic hydroxyl groups excluding tert-OH is 2. The van der Waals surface area contributed by atoms with Gasteiger partial charge in [-0.05, 0) is 6.42 Å². The highest BCUT2D eigenvalue weighted by Crippen LogP contribution is 1.90. The standard InChI is InChI=1S/C13H29NO5/c1-3-4-5-18-6-7-19-11-13(16)8-14-12(9-15)10-17-2/h12-16H,3-11H2,1-2H3. The van der Waals surface area contributed by atoms with Crippen LogP contribution in [0.4, 0.5) is 0 Å². The first kappa shape index (κ1) is 18.8. The third-order valence-corrected chi connectivity index (χ3v) is 2.55. The number of rotatable bonds is 14. The lowest BCUT2D eigenvalue weighted by atomic mass is 10.3. The van der Waals surface area contributed by atoms with Gasteiger partial charge in [0, 0.05) is 20.3 Å². The largest absolute Gasteiger partial charge is 0.395 e. The highest BCUT2D eigenvalue weighted by atomic mass is 16.5. The molecule has 19 heavy (non-hydrogen) atoms. The van der Waals surface area contributed by atoms with Gasteiger partial charge in [-0.25, -0.2) is 0 Å². The average molecular weight is 279 g/mol. The predicted octanol–water partition coefficient (Wildman–Crippen LogP) is -0.222. The van der Waals surface area contributed by atoms with E-state index in [0.717, 1.165) is 19.4 Å². The van der Waals surface area contributed by atoms with Crippen molar-refractivity contribution in [1.29, 1.82) is 0 Å². The summed E-state index contributed by atoms with van der Waals surface area (Å²) in [6.07, 6.45) is 1.59. The Labute approximate surface area is 116 Å². The van der Waals surface area contributed by atoms with Crippen LogP contribution in [0, 0.1) is 0 Å². The maximum Gasteiger partial charge on any atom is 0.0897 e. The minimum atomic E-state index is -0.596. The number of nitrogens with one attached hydrogen (secondary N) is 1. The van der Waals surface area contributed by atoms with Crippen molar-refractivity contribution in [2.45, 2.75) is 31.9 Å². The van der Waals surface area contributed by atoms with Crippen LogP contribution in [0.25, 0.3) is 0 Å². The minimum Gasteiger partial charge on any atom is -0.395 e. The Kier molecular flexibility index (Phi) is 14.0. The highest BCUT2D eigenvalue weighted by molar-refractivity contribution is 4.67. The molecule has 6 nitrogen and oxygen atoms in total. The molecule has 0 saturated carbocycles. The van der Waals surface area contributed by atoms with Crippen LogP contribution in [-0.2, 0) is 14.2 Å². The second kappa shape index (κ2) is 14.2. The summed E-state index contributed by atoms with van der Waals surface area (Å²) in [5, 5.41) is 21.7. The van der Waals surface area contributed by atoms with Crippen molar-refractivity contribution in [2.24, 2.45) is 0 Å². The zero-order chi connectivity index (χ0) is 14.3. The molecule has 2 atom stereocenters. The van der Waals surface area contributed by atoms with E-state index < -0.39 is 6.10 Å². The van der Waals surface area contributed by atoms with Crippen molar-refractivity contribution in [3.05, 3.63) is 0 Å². The molecule has 0 rings (SSSR count). The zero-order valence-electron chi connectivity index (χ0n) is 12.1. The zero-order valence-corrected chi connectivity index (χ0v) is 12.1. The van der Waals surface area contributed by atoms with Crippen LogP contribution in [-0.4, -0.2) is 75.7 Å². The van der Waals surface area contributed by atoms with Gasteiger partial charge in [-0.3, -0.25) is 0 Å². The Morgan fingerprint density at radius 1 is 1.11 bits per heavy atom. The van der Waals surface area contributed by atoms with Crippen LogP contribution < -0.4 is 5.32 Å². The van der Waals surface area contributed by atoms with Crippen molar-refractivity contribution in [3.63, 3.8) is 0 Å². The van der Waals surface area contributed by atoms with Crippen LogP contribution in [0.15, 0.2) is 0 Å². The molecule has 6 heteroatoms. The second-order valence-corrected chi connectivity index (χ2v) is 4.44. The van der Waals surface area contributed by atoms with Crippen LogP contribution in [0.2, 0.25) is 0 Å². The molecule has 0 aliphatic heterocycles. The molecule has 3 N–H and O–H groups in total. The first-order valence-electron chi connectivity index (χ1n) is 6.91. The smallest absolute Gasteiger partial charge is 0.0897 e. The molecular formula is C13H29NO5. The minimum absolute atomic E-state index is 0.0211. The van der Waals surface area contributed by atoms with E-state index >= 15 is 0 Å². The van der Waals surface area contributed by atoms with E-state index in [0.29, 0.717) is 26.4 Å². The molecule has 0 fully saturated rings. The molecule has 0 aliphatic carbocycles. The number of hydrogen-bond donors (Lipinski definition) is 3. The predicted molar refractivity (Wildman–Crippen MR) is 73.3 cm³/mol. The van der Waals surface area contributed by atoms with Gasteiger partial charge in [0.25, 0.3) is 0 Å². The Morgan fingerprint density at radius 3 is 2.47 bits per heavy atom. The van der Waals surface area contributed by atoms with Crippen molar-refractivity contribution in [1.82, 2.24) is 5.32 Å². The molecule has 0 aromatic rings. The summed E-state index contributed by atoms with van der Waals surface area (Å²) >= 11 is 0. The SMILES string of the molecule is CCCCOCCOCC(O)CNC(CO)COC. The van der Waals surface area contributed by atoms with Gasteiger partial charge in [-0.2, -0.15) is 0 Å². The van der Waals surface area contributed by atoms with Crippen molar-refractivity contribution < 1.29 is 24.4 Å². The first-order valence-corrected chi connectivity index (χ1v) is 6.91. The molecule has 0 bridgehead atoms. The summed E-state index contributed by atoms with van der Waals surface area (Å²) < 4.78 is 15.5. The topological polar surface area (TPSA) is 80.2 Å². The first-order chi connectivity index (χ1) is 9.24. The molecular weight excluding hydrogens is 250 g/mol. The molecule has 0 aliphatic rings. The third-order valence-electron chi connectivity index (χ3n) is 2.55. The summed E-state index contributed by atoms with van der Waals surface area (Å²) in [6.45, 7) is 4.94. The molecule has 0 aromatic carbocycles. The lowest BCUT2D eigenvalue weighted by Gasteiger charge is -2.18. The summed E-state index contributed by atoms with van der Waals surface area (Å²) in [7, 11) is 1.57. The van der Waals surface area contributed by atoms with Crippen LogP contribution >= 0.6 is 0 Å². The van der Waals surface area contributed by atoms with Gasteiger partial charge in [-0.1, -0.05) is 13.3 Å². The Balaban J connectivity index is 3.35. The molecule has 0 amide bonds. The molecule has 116 valence electrons. The quantitative estimate of drug-likeness (QED) is 0.381. The summed E-state index contributed by atoms with van der Waals surface area (Å²) in [5.41, 5.74) is 0. The van der Waals surface area contributed by atoms with E-state index in [1.807, 2.05) is 0 Å². The summed E-state index contributed by atoms with van der Waals surface area (Å²) in [4.78, 5) is 0. The normalized spacial score (nSPS) is 14.5. The molecule has 0 saturated heterocycles. The van der Waals surface area contributed by atoms with Gasteiger partial charge in [0.15, 0.2) is 0 Å². The third kappa shape index (κ3) is 12.5. The number of methoxy groups -OCH3 is 1.